The largest absolute Gasteiger partial charge is 0.321 e. The minimum Gasteiger partial charge on any atom is -0.321 e. The lowest BCUT2D eigenvalue weighted by molar-refractivity contribution is 0.102. The van der Waals surface area contributed by atoms with E-state index in [1.54, 1.807) is 23.9 Å². The van der Waals surface area contributed by atoms with Crippen LogP contribution in [0.1, 0.15) is 34.9 Å². The summed E-state index contributed by atoms with van der Waals surface area (Å²) in [6, 6.07) is 4.72. The smallest absolute Gasteiger partial charge is 0.277 e. The van der Waals surface area contributed by atoms with E-state index in [9.17, 15) is 9.18 Å². The molecule has 1 amide bonds. The third-order valence-electron chi connectivity index (χ3n) is 3.84. The standard InChI is InChI=1S/C15H18FN5O.ClH/c1-10-8-11(2-3-13(10)16)18-15(22)14-9-21(20-19-14)12-4-6-17-7-5-12;/h2-3,8-9,12,17H,4-7H2,1H3,(H,18,22);1H. The van der Waals surface area contributed by atoms with Crippen LogP contribution in [0.15, 0.2) is 24.4 Å². The molecule has 1 saturated heterocycles. The predicted octanol–water partition coefficient (Wildman–Crippen LogP) is 2.32. The van der Waals surface area contributed by atoms with Crippen molar-refractivity contribution in [2.75, 3.05) is 18.4 Å². The second-order valence-electron chi connectivity index (χ2n) is 5.48. The van der Waals surface area contributed by atoms with Gasteiger partial charge in [-0.25, -0.2) is 9.07 Å². The highest BCUT2D eigenvalue weighted by Crippen LogP contribution is 2.18. The monoisotopic (exact) mass is 339 g/mol. The number of aromatic nitrogens is 3. The molecule has 3 rings (SSSR count). The number of anilines is 1. The van der Waals surface area contributed by atoms with E-state index in [-0.39, 0.29) is 35.9 Å². The molecule has 1 aromatic carbocycles. The van der Waals surface area contributed by atoms with Gasteiger partial charge in [0.15, 0.2) is 5.69 Å². The van der Waals surface area contributed by atoms with Gasteiger partial charge in [0.05, 0.1) is 12.2 Å². The molecular formula is C15H19ClFN5O. The quantitative estimate of drug-likeness (QED) is 0.900. The van der Waals surface area contributed by atoms with Crippen LogP contribution in [0.4, 0.5) is 10.1 Å². The van der Waals surface area contributed by atoms with E-state index in [4.69, 9.17) is 0 Å². The van der Waals surface area contributed by atoms with Crippen LogP contribution in [0.2, 0.25) is 0 Å². The van der Waals surface area contributed by atoms with E-state index >= 15 is 0 Å². The van der Waals surface area contributed by atoms with Gasteiger partial charge in [-0.3, -0.25) is 4.79 Å². The predicted molar refractivity (Wildman–Crippen MR) is 87.5 cm³/mol. The fourth-order valence-electron chi connectivity index (χ4n) is 2.55. The molecule has 6 nitrogen and oxygen atoms in total. The van der Waals surface area contributed by atoms with E-state index in [0.29, 0.717) is 11.3 Å². The summed E-state index contributed by atoms with van der Waals surface area (Å²) in [6.07, 6.45) is 3.62. The van der Waals surface area contributed by atoms with Crippen molar-refractivity contribution in [1.82, 2.24) is 20.3 Å². The van der Waals surface area contributed by atoms with Crippen LogP contribution >= 0.6 is 12.4 Å². The number of hydrogen-bond acceptors (Lipinski definition) is 4. The van der Waals surface area contributed by atoms with Crippen molar-refractivity contribution in [3.8, 4) is 0 Å². The van der Waals surface area contributed by atoms with Crippen molar-refractivity contribution in [1.29, 1.82) is 0 Å². The zero-order chi connectivity index (χ0) is 15.5. The summed E-state index contributed by atoms with van der Waals surface area (Å²) in [4.78, 5) is 12.2. The fourth-order valence-corrected chi connectivity index (χ4v) is 2.55. The van der Waals surface area contributed by atoms with Crippen molar-refractivity contribution in [2.45, 2.75) is 25.8 Å². The van der Waals surface area contributed by atoms with Crippen LogP contribution in [-0.4, -0.2) is 34.0 Å². The van der Waals surface area contributed by atoms with E-state index in [2.05, 4.69) is 20.9 Å². The summed E-state index contributed by atoms with van der Waals surface area (Å²) in [5.41, 5.74) is 1.29. The summed E-state index contributed by atoms with van der Waals surface area (Å²) in [7, 11) is 0. The Morgan fingerprint density at radius 2 is 2.13 bits per heavy atom. The topological polar surface area (TPSA) is 71.8 Å². The molecule has 1 aliphatic rings. The fraction of sp³-hybridized carbons (Fsp3) is 0.400. The third-order valence-corrected chi connectivity index (χ3v) is 3.84. The van der Waals surface area contributed by atoms with Crippen LogP contribution in [-0.2, 0) is 0 Å². The molecule has 2 heterocycles. The van der Waals surface area contributed by atoms with Crippen molar-refractivity contribution in [3.05, 3.63) is 41.5 Å². The van der Waals surface area contributed by atoms with Crippen molar-refractivity contribution >= 4 is 24.0 Å². The maximum absolute atomic E-state index is 13.2. The number of aryl methyl sites for hydroxylation is 1. The zero-order valence-electron chi connectivity index (χ0n) is 12.8. The molecule has 1 aliphatic heterocycles. The number of benzene rings is 1. The molecule has 0 atom stereocenters. The van der Waals surface area contributed by atoms with Crippen LogP contribution in [0.3, 0.4) is 0 Å². The highest BCUT2D eigenvalue weighted by Gasteiger charge is 2.18. The molecule has 0 unspecified atom stereocenters. The van der Waals surface area contributed by atoms with Crippen LogP contribution in [0.5, 0.6) is 0 Å². The molecule has 1 aromatic heterocycles. The van der Waals surface area contributed by atoms with Gasteiger partial charge in [-0.1, -0.05) is 5.21 Å². The number of hydrogen-bond donors (Lipinski definition) is 2. The van der Waals surface area contributed by atoms with Crippen LogP contribution < -0.4 is 10.6 Å². The first-order valence-electron chi connectivity index (χ1n) is 7.33. The lowest BCUT2D eigenvalue weighted by atomic mass is 10.1. The van der Waals surface area contributed by atoms with Gasteiger partial charge in [-0.05, 0) is 56.6 Å². The number of piperidine rings is 1. The Bertz CT molecular complexity index is 684. The normalized spacial score (nSPS) is 15.0. The Labute approximate surface area is 139 Å². The Balaban J connectivity index is 0.00000192. The van der Waals surface area contributed by atoms with Gasteiger partial charge in [0.1, 0.15) is 5.82 Å². The summed E-state index contributed by atoms with van der Waals surface area (Å²) >= 11 is 0. The van der Waals surface area contributed by atoms with Gasteiger partial charge in [0.25, 0.3) is 5.91 Å². The number of rotatable bonds is 3. The molecule has 0 spiro atoms. The minimum absolute atomic E-state index is 0. The van der Waals surface area contributed by atoms with Gasteiger partial charge >= 0.3 is 0 Å². The Kier molecular flexibility index (Phi) is 5.68. The SMILES string of the molecule is Cc1cc(NC(=O)c2cn(C3CCNCC3)nn2)ccc1F.Cl. The number of halogens is 2. The number of amides is 1. The van der Waals surface area contributed by atoms with Gasteiger partial charge in [0.2, 0.25) is 0 Å². The summed E-state index contributed by atoms with van der Waals surface area (Å²) in [5, 5.41) is 14.0. The molecule has 23 heavy (non-hydrogen) atoms. The maximum Gasteiger partial charge on any atom is 0.277 e. The van der Waals surface area contributed by atoms with E-state index in [0.717, 1.165) is 25.9 Å². The molecule has 2 N–H and O–H groups in total. The lowest BCUT2D eigenvalue weighted by Crippen LogP contribution is -2.29. The van der Waals surface area contributed by atoms with Crippen molar-refractivity contribution < 1.29 is 9.18 Å². The first-order valence-corrected chi connectivity index (χ1v) is 7.33. The lowest BCUT2D eigenvalue weighted by Gasteiger charge is -2.22. The van der Waals surface area contributed by atoms with Gasteiger partial charge < -0.3 is 10.6 Å². The summed E-state index contributed by atoms with van der Waals surface area (Å²) in [5.74, 6) is -0.638. The first kappa shape index (κ1) is 17.4. The Morgan fingerprint density at radius 1 is 1.39 bits per heavy atom. The first-order chi connectivity index (χ1) is 10.6. The molecule has 2 aromatic rings. The summed E-state index contributed by atoms with van der Waals surface area (Å²) < 4.78 is 15.0. The average molecular weight is 340 g/mol. The Hall–Kier alpha value is -1.99. The number of nitrogens with one attached hydrogen (secondary N) is 2. The van der Waals surface area contributed by atoms with Gasteiger partial charge in [0, 0.05) is 5.69 Å². The highest BCUT2D eigenvalue weighted by molar-refractivity contribution is 6.02. The molecular weight excluding hydrogens is 321 g/mol. The molecule has 0 bridgehead atoms. The molecule has 124 valence electrons. The Morgan fingerprint density at radius 3 is 2.83 bits per heavy atom. The number of nitrogens with zero attached hydrogens (tertiary/aromatic N) is 3. The molecule has 0 aliphatic carbocycles. The zero-order valence-corrected chi connectivity index (χ0v) is 13.6. The van der Waals surface area contributed by atoms with Gasteiger partial charge in [-0.2, -0.15) is 0 Å². The molecule has 8 heteroatoms. The van der Waals surface area contributed by atoms with Crippen molar-refractivity contribution in [3.63, 3.8) is 0 Å². The van der Waals surface area contributed by atoms with E-state index in [1.165, 1.54) is 12.1 Å². The minimum atomic E-state index is -0.341. The summed E-state index contributed by atoms with van der Waals surface area (Å²) in [6.45, 7) is 3.54. The van der Waals surface area contributed by atoms with E-state index < -0.39 is 0 Å². The number of carbonyl (C=O) groups excluding carboxylic acids is 1. The second kappa shape index (κ2) is 7.52. The van der Waals surface area contributed by atoms with E-state index in [1.807, 2.05) is 0 Å². The second-order valence-corrected chi connectivity index (χ2v) is 5.48. The van der Waals surface area contributed by atoms with Crippen LogP contribution in [0.25, 0.3) is 0 Å². The van der Waals surface area contributed by atoms with Crippen LogP contribution in [0, 0.1) is 12.7 Å². The molecule has 1 fully saturated rings. The third kappa shape index (κ3) is 4.05. The maximum atomic E-state index is 13.2. The average Bonchev–Trinajstić information content (AvgIpc) is 3.02. The highest BCUT2D eigenvalue weighted by atomic mass is 35.5. The molecule has 0 radical (unpaired) electrons. The number of carbonyl (C=O) groups is 1. The van der Waals surface area contributed by atoms with Crippen molar-refractivity contribution in [2.24, 2.45) is 0 Å². The van der Waals surface area contributed by atoms with Gasteiger partial charge in [-0.15, -0.1) is 17.5 Å². The molecule has 0 saturated carbocycles.